The summed E-state index contributed by atoms with van der Waals surface area (Å²) in [5, 5.41) is 8.44. The fourth-order valence-electron chi connectivity index (χ4n) is 3.50. The van der Waals surface area contributed by atoms with E-state index in [0.29, 0.717) is 34.7 Å². The van der Waals surface area contributed by atoms with E-state index in [-0.39, 0.29) is 0 Å². The molecule has 0 bridgehead atoms. The fraction of sp³-hybridized carbons (Fsp3) is 0.227. The summed E-state index contributed by atoms with van der Waals surface area (Å²) in [5.74, 6) is 1.59. The lowest BCUT2D eigenvalue weighted by Gasteiger charge is -2.28. The number of benzene rings is 2. The molecule has 1 atom stereocenters. The second kappa shape index (κ2) is 8.62. The highest BCUT2D eigenvalue weighted by Crippen LogP contribution is 2.39. The van der Waals surface area contributed by atoms with Crippen molar-refractivity contribution in [2.24, 2.45) is 5.73 Å². The zero-order valence-electron chi connectivity index (χ0n) is 16.8. The van der Waals surface area contributed by atoms with Gasteiger partial charge in [0.1, 0.15) is 18.4 Å². The van der Waals surface area contributed by atoms with E-state index < -0.39 is 11.9 Å². The van der Waals surface area contributed by atoms with Gasteiger partial charge in [-0.25, -0.2) is 4.68 Å². The van der Waals surface area contributed by atoms with E-state index in [4.69, 9.17) is 10.5 Å². The van der Waals surface area contributed by atoms with Gasteiger partial charge in [-0.05, 0) is 24.3 Å². The average Bonchev–Trinajstić information content (AvgIpc) is 3.14. The van der Waals surface area contributed by atoms with Gasteiger partial charge in [-0.15, -0.1) is 5.10 Å². The van der Waals surface area contributed by atoms with Crippen LogP contribution in [0.2, 0.25) is 0 Å². The van der Waals surface area contributed by atoms with E-state index >= 15 is 0 Å². The first kappa shape index (κ1) is 20.0. The van der Waals surface area contributed by atoms with Crippen molar-refractivity contribution in [2.75, 3.05) is 11.1 Å². The van der Waals surface area contributed by atoms with Crippen LogP contribution < -0.4 is 15.8 Å². The van der Waals surface area contributed by atoms with Crippen LogP contribution in [0.5, 0.6) is 5.75 Å². The Bertz CT molecular complexity index is 1090. The van der Waals surface area contributed by atoms with Gasteiger partial charge in [-0.1, -0.05) is 67.2 Å². The molecule has 1 unspecified atom stereocenters. The first-order chi connectivity index (χ1) is 14.6. The number of rotatable bonds is 7. The van der Waals surface area contributed by atoms with Crippen LogP contribution in [0.3, 0.4) is 0 Å². The average molecular weight is 422 g/mol. The number of carbonyl (C=O) groups excluding carboxylic acids is 1. The first-order valence-electron chi connectivity index (χ1n) is 9.71. The monoisotopic (exact) mass is 421 g/mol. The molecule has 1 aliphatic rings. The van der Waals surface area contributed by atoms with Crippen LogP contribution >= 0.6 is 11.8 Å². The lowest BCUT2D eigenvalue weighted by Crippen LogP contribution is -2.32. The molecule has 0 spiro atoms. The molecule has 0 radical (unpaired) electrons. The van der Waals surface area contributed by atoms with Crippen LogP contribution in [0.4, 0.5) is 5.95 Å². The summed E-state index contributed by atoms with van der Waals surface area (Å²) in [4.78, 5) is 17.0. The number of amides is 1. The molecular formula is C22H23N5O2S. The fourth-order valence-corrected chi connectivity index (χ4v) is 4.06. The summed E-state index contributed by atoms with van der Waals surface area (Å²) in [5.41, 5.74) is 8.75. The van der Waals surface area contributed by atoms with Crippen molar-refractivity contribution in [1.82, 2.24) is 14.8 Å². The second-order valence-electron chi connectivity index (χ2n) is 6.84. The number of fused-ring (bicyclic) bond motifs is 1. The quantitative estimate of drug-likeness (QED) is 0.564. The van der Waals surface area contributed by atoms with Crippen LogP contribution in [0.25, 0.3) is 0 Å². The van der Waals surface area contributed by atoms with Crippen molar-refractivity contribution in [3.05, 3.63) is 77.0 Å². The van der Waals surface area contributed by atoms with Crippen LogP contribution in [-0.2, 0) is 11.4 Å². The number of ether oxygens (including phenoxy) is 1. The van der Waals surface area contributed by atoms with Gasteiger partial charge < -0.3 is 15.8 Å². The standard InChI is InChI=1S/C22H23N5O2S/c1-3-30-22-25-21-24-14(2)18(20(23)28)19(27(21)26-22)16-11-7-8-12-17(16)29-13-15-9-5-4-6-10-15/h4-12,19H,3,13H2,1-2H3,(H2,23,28)(H,24,25,26). The number of aromatic nitrogens is 3. The van der Waals surface area contributed by atoms with Gasteiger partial charge in [-0.3, -0.25) is 4.79 Å². The lowest BCUT2D eigenvalue weighted by molar-refractivity contribution is -0.115. The van der Waals surface area contributed by atoms with Crippen molar-refractivity contribution >= 4 is 23.6 Å². The van der Waals surface area contributed by atoms with Gasteiger partial charge in [0.05, 0.1) is 5.57 Å². The molecule has 2 heterocycles. The number of hydrogen-bond acceptors (Lipinski definition) is 6. The van der Waals surface area contributed by atoms with Crippen molar-refractivity contribution in [2.45, 2.75) is 31.7 Å². The number of allylic oxidation sites excluding steroid dienone is 1. The molecule has 3 aromatic rings. The zero-order valence-corrected chi connectivity index (χ0v) is 17.6. The Morgan fingerprint density at radius 2 is 1.93 bits per heavy atom. The minimum Gasteiger partial charge on any atom is -0.489 e. The first-order valence-corrected chi connectivity index (χ1v) is 10.7. The third-order valence-electron chi connectivity index (χ3n) is 4.82. The molecule has 2 aromatic carbocycles. The van der Waals surface area contributed by atoms with Crippen molar-refractivity contribution in [3.63, 3.8) is 0 Å². The Hall–Kier alpha value is -3.26. The molecule has 0 fully saturated rings. The molecule has 1 amide bonds. The van der Waals surface area contributed by atoms with E-state index in [1.165, 1.54) is 11.8 Å². The maximum absolute atomic E-state index is 12.4. The predicted molar refractivity (Wildman–Crippen MR) is 117 cm³/mol. The van der Waals surface area contributed by atoms with E-state index in [9.17, 15) is 4.79 Å². The maximum Gasteiger partial charge on any atom is 0.248 e. The second-order valence-corrected chi connectivity index (χ2v) is 8.07. The molecule has 0 saturated heterocycles. The molecule has 1 aromatic heterocycles. The lowest BCUT2D eigenvalue weighted by atomic mass is 9.94. The largest absolute Gasteiger partial charge is 0.489 e. The topological polar surface area (TPSA) is 95.1 Å². The Labute approximate surface area is 179 Å². The normalized spacial score (nSPS) is 15.5. The molecule has 154 valence electrons. The minimum absolute atomic E-state index is 0.415. The highest BCUT2D eigenvalue weighted by molar-refractivity contribution is 7.99. The van der Waals surface area contributed by atoms with Crippen LogP contribution in [0.1, 0.15) is 31.0 Å². The maximum atomic E-state index is 12.4. The van der Waals surface area contributed by atoms with Crippen LogP contribution in [0, 0.1) is 0 Å². The summed E-state index contributed by atoms with van der Waals surface area (Å²) in [6, 6.07) is 17.1. The van der Waals surface area contributed by atoms with Gasteiger partial charge in [0, 0.05) is 11.3 Å². The number of para-hydroxylation sites is 1. The molecule has 4 rings (SSSR count). The Morgan fingerprint density at radius 3 is 2.67 bits per heavy atom. The van der Waals surface area contributed by atoms with Gasteiger partial charge in [0.25, 0.3) is 0 Å². The molecule has 3 N–H and O–H groups in total. The number of nitrogens with two attached hydrogens (primary N) is 1. The third kappa shape index (κ3) is 3.91. The van der Waals surface area contributed by atoms with Crippen LogP contribution in [0.15, 0.2) is 71.0 Å². The highest BCUT2D eigenvalue weighted by atomic mass is 32.2. The summed E-state index contributed by atoms with van der Waals surface area (Å²) < 4.78 is 7.87. The number of nitrogens with one attached hydrogen (secondary N) is 1. The Balaban J connectivity index is 1.77. The highest BCUT2D eigenvalue weighted by Gasteiger charge is 2.35. The van der Waals surface area contributed by atoms with Gasteiger partial charge in [0.15, 0.2) is 0 Å². The van der Waals surface area contributed by atoms with E-state index in [1.807, 2.05) is 68.4 Å². The number of carbonyl (C=O) groups is 1. The number of primary amides is 1. The summed E-state index contributed by atoms with van der Waals surface area (Å²) in [6.45, 7) is 4.28. The van der Waals surface area contributed by atoms with Crippen molar-refractivity contribution < 1.29 is 9.53 Å². The molecule has 1 aliphatic heterocycles. The minimum atomic E-state index is -0.524. The van der Waals surface area contributed by atoms with E-state index in [2.05, 4.69) is 15.4 Å². The number of hydrogen-bond donors (Lipinski definition) is 2. The Morgan fingerprint density at radius 1 is 1.20 bits per heavy atom. The Kier molecular flexibility index (Phi) is 5.76. The molecule has 0 aliphatic carbocycles. The third-order valence-corrected chi connectivity index (χ3v) is 5.54. The summed E-state index contributed by atoms with van der Waals surface area (Å²) in [7, 11) is 0. The molecule has 0 saturated carbocycles. The summed E-state index contributed by atoms with van der Waals surface area (Å²) >= 11 is 1.54. The number of anilines is 1. The van der Waals surface area contributed by atoms with Crippen molar-refractivity contribution in [3.8, 4) is 5.75 Å². The molecule has 7 nitrogen and oxygen atoms in total. The number of nitrogens with zero attached hydrogens (tertiary/aromatic N) is 3. The smallest absolute Gasteiger partial charge is 0.248 e. The van der Waals surface area contributed by atoms with Crippen LogP contribution in [-0.4, -0.2) is 26.4 Å². The SMILES string of the molecule is CCSc1nc2n(n1)C(c1ccccc1OCc1ccccc1)C(C(N)=O)=C(C)N2. The van der Waals surface area contributed by atoms with Gasteiger partial charge >= 0.3 is 0 Å². The molecule has 8 heteroatoms. The van der Waals surface area contributed by atoms with Gasteiger partial charge in [0.2, 0.25) is 17.0 Å². The van der Waals surface area contributed by atoms with E-state index in [0.717, 1.165) is 16.9 Å². The molecular weight excluding hydrogens is 398 g/mol. The van der Waals surface area contributed by atoms with E-state index in [1.54, 1.807) is 4.68 Å². The summed E-state index contributed by atoms with van der Waals surface area (Å²) in [6.07, 6.45) is 0. The zero-order chi connectivity index (χ0) is 21.1. The molecule has 30 heavy (non-hydrogen) atoms. The predicted octanol–water partition coefficient (Wildman–Crippen LogP) is 3.74. The van der Waals surface area contributed by atoms with Gasteiger partial charge in [-0.2, -0.15) is 4.98 Å². The van der Waals surface area contributed by atoms with Crippen molar-refractivity contribution in [1.29, 1.82) is 0 Å². The number of thioether (sulfide) groups is 1.